The van der Waals surface area contributed by atoms with Crippen molar-refractivity contribution < 1.29 is 0 Å². The van der Waals surface area contributed by atoms with Gasteiger partial charge in [-0.25, -0.2) is 4.98 Å². The first-order chi connectivity index (χ1) is 9.33. The monoisotopic (exact) mass is 272 g/mol. The van der Waals surface area contributed by atoms with Gasteiger partial charge in [0, 0.05) is 19.3 Å². The van der Waals surface area contributed by atoms with E-state index in [1.807, 2.05) is 11.7 Å². The summed E-state index contributed by atoms with van der Waals surface area (Å²) in [7, 11) is 0. The van der Waals surface area contributed by atoms with Crippen LogP contribution in [0.1, 0.15) is 18.9 Å². The van der Waals surface area contributed by atoms with Crippen molar-refractivity contribution in [1.82, 2.24) is 14.5 Å². The topological polar surface area (TPSA) is 56.7 Å². The molecule has 0 unspecified atom stereocenters. The van der Waals surface area contributed by atoms with Crippen molar-refractivity contribution in [3.8, 4) is 10.7 Å². The van der Waals surface area contributed by atoms with Gasteiger partial charge in [-0.15, -0.1) is 11.3 Å². The summed E-state index contributed by atoms with van der Waals surface area (Å²) in [4.78, 5) is 10.0. The molecular formula is C14H16N4S. The highest BCUT2D eigenvalue weighted by molar-refractivity contribution is 7.13. The Morgan fingerprint density at radius 3 is 2.95 bits per heavy atom. The Bertz CT molecular complexity index is 685. The van der Waals surface area contributed by atoms with Crippen LogP contribution in [0.5, 0.6) is 0 Å². The molecule has 3 rings (SSSR count). The minimum absolute atomic E-state index is 0.548. The van der Waals surface area contributed by atoms with Crippen LogP contribution >= 0.6 is 11.3 Å². The van der Waals surface area contributed by atoms with Crippen molar-refractivity contribution in [2.45, 2.75) is 26.4 Å². The van der Waals surface area contributed by atoms with Crippen LogP contribution < -0.4 is 5.73 Å². The van der Waals surface area contributed by atoms with Crippen LogP contribution in [-0.2, 0) is 13.1 Å². The Kier molecular flexibility index (Phi) is 3.31. The molecule has 0 saturated carbocycles. The first-order valence-corrected chi connectivity index (χ1v) is 7.29. The summed E-state index contributed by atoms with van der Waals surface area (Å²) in [6.45, 7) is 3.69. The molecule has 0 radical (unpaired) electrons. The van der Waals surface area contributed by atoms with Gasteiger partial charge in [0.2, 0.25) is 0 Å². The molecule has 0 atom stereocenters. The third-order valence-electron chi connectivity index (χ3n) is 3.15. The molecule has 3 aromatic rings. The van der Waals surface area contributed by atoms with Crippen molar-refractivity contribution in [2.24, 2.45) is 5.73 Å². The molecular weight excluding hydrogens is 256 g/mol. The van der Waals surface area contributed by atoms with Gasteiger partial charge in [-0.2, -0.15) is 0 Å². The lowest BCUT2D eigenvalue weighted by Gasteiger charge is -2.06. The Labute approximate surface area is 115 Å². The van der Waals surface area contributed by atoms with Crippen molar-refractivity contribution in [3.63, 3.8) is 0 Å². The van der Waals surface area contributed by atoms with E-state index >= 15 is 0 Å². The molecule has 5 heteroatoms. The molecule has 2 N–H and O–H groups in total. The molecule has 2 aromatic heterocycles. The first-order valence-electron chi connectivity index (χ1n) is 6.41. The van der Waals surface area contributed by atoms with Crippen molar-refractivity contribution in [2.75, 3.05) is 0 Å². The molecule has 0 spiro atoms. The molecule has 0 aliphatic carbocycles. The Morgan fingerprint density at radius 1 is 1.37 bits per heavy atom. The number of hydrogen-bond acceptors (Lipinski definition) is 4. The third kappa shape index (κ3) is 2.15. The van der Waals surface area contributed by atoms with E-state index in [2.05, 4.69) is 34.7 Å². The normalized spacial score (nSPS) is 11.3. The fraction of sp³-hybridized carbons (Fsp3) is 0.286. The number of thiazole rings is 1. The van der Waals surface area contributed by atoms with Gasteiger partial charge in [-0.05, 0) is 24.1 Å². The van der Waals surface area contributed by atoms with E-state index in [9.17, 15) is 0 Å². The number of nitrogens with two attached hydrogens (primary N) is 1. The summed E-state index contributed by atoms with van der Waals surface area (Å²) in [5.74, 6) is 1.01. The number of imidazole rings is 1. The lowest BCUT2D eigenvalue weighted by atomic mass is 10.2. The number of rotatable bonds is 4. The predicted octanol–water partition coefficient (Wildman–Crippen LogP) is 3.03. The fourth-order valence-corrected chi connectivity index (χ4v) is 2.88. The fourth-order valence-electron chi connectivity index (χ4n) is 2.27. The van der Waals surface area contributed by atoms with Crippen LogP contribution in [0, 0.1) is 0 Å². The molecule has 4 nitrogen and oxygen atoms in total. The van der Waals surface area contributed by atoms with Gasteiger partial charge in [-0.1, -0.05) is 13.0 Å². The van der Waals surface area contributed by atoms with Crippen LogP contribution in [0.2, 0.25) is 0 Å². The Balaban J connectivity index is 2.22. The first kappa shape index (κ1) is 12.3. The molecule has 0 saturated heterocycles. The molecule has 2 heterocycles. The summed E-state index contributed by atoms with van der Waals surface area (Å²) in [6.07, 6.45) is 2.96. The molecule has 0 aliphatic rings. The zero-order chi connectivity index (χ0) is 13.2. The molecule has 19 heavy (non-hydrogen) atoms. The smallest absolute Gasteiger partial charge is 0.152 e. The van der Waals surface area contributed by atoms with Crippen LogP contribution in [0.25, 0.3) is 21.7 Å². The van der Waals surface area contributed by atoms with E-state index in [1.165, 1.54) is 5.52 Å². The average molecular weight is 272 g/mol. The van der Waals surface area contributed by atoms with Gasteiger partial charge in [0.1, 0.15) is 0 Å². The minimum atomic E-state index is 0.548. The summed E-state index contributed by atoms with van der Waals surface area (Å²) in [6, 6.07) is 6.27. The molecule has 98 valence electrons. The van der Waals surface area contributed by atoms with E-state index < -0.39 is 0 Å². The van der Waals surface area contributed by atoms with Crippen LogP contribution in [0.15, 0.2) is 29.9 Å². The number of nitrogens with zero attached hydrogens (tertiary/aromatic N) is 3. The van der Waals surface area contributed by atoms with E-state index in [-0.39, 0.29) is 0 Å². The Hall–Kier alpha value is -1.72. The van der Waals surface area contributed by atoms with Crippen LogP contribution in [-0.4, -0.2) is 14.5 Å². The molecule has 0 bridgehead atoms. The van der Waals surface area contributed by atoms with Crippen molar-refractivity contribution in [3.05, 3.63) is 35.5 Å². The molecule has 0 amide bonds. The van der Waals surface area contributed by atoms with Crippen molar-refractivity contribution >= 4 is 22.4 Å². The quantitative estimate of drug-likeness (QED) is 0.794. The van der Waals surface area contributed by atoms with Gasteiger partial charge in [0.15, 0.2) is 5.82 Å². The van der Waals surface area contributed by atoms with E-state index in [0.717, 1.165) is 34.7 Å². The standard InChI is InChI=1S/C14H16N4S/c1-2-5-18-12-4-3-10(7-15)6-11(12)17-14(18)13-8-16-9-19-13/h3-4,6,8-9H,2,5,7,15H2,1H3. The van der Waals surface area contributed by atoms with Gasteiger partial charge in [0.25, 0.3) is 0 Å². The SMILES string of the molecule is CCCn1c(-c2cncs2)nc2cc(CN)ccc21. The minimum Gasteiger partial charge on any atom is -0.326 e. The summed E-state index contributed by atoms with van der Waals surface area (Å²) in [5.41, 5.74) is 10.8. The van der Waals surface area contributed by atoms with Gasteiger partial charge >= 0.3 is 0 Å². The highest BCUT2D eigenvalue weighted by Crippen LogP contribution is 2.28. The Morgan fingerprint density at radius 2 is 2.26 bits per heavy atom. The third-order valence-corrected chi connectivity index (χ3v) is 3.92. The maximum absolute atomic E-state index is 5.70. The zero-order valence-corrected chi connectivity index (χ0v) is 11.7. The van der Waals surface area contributed by atoms with Gasteiger partial charge in [-0.3, -0.25) is 4.98 Å². The second kappa shape index (κ2) is 5.11. The summed E-state index contributed by atoms with van der Waals surface area (Å²) in [5, 5.41) is 0. The second-order valence-electron chi connectivity index (χ2n) is 4.48. The largest absolute Gasteiger partial charge is 0.326 e. The highest BCUT2D eigenvalue weighted by atomic mass is 32.1. The van der Waals surface area contributed by atoms with Crippen LogP contribution in [0.3, 0.4) is 0 Å². The lowest BCUT2D eigenvalue weighted by Crippen LogP contribution is -1.99. The van der Waals surface area contributed by atoms with E-state index in [0.29, 0.717) is 6.54 Å². The van der Waals surface area contributed by atoms with Gasteiger partial charge in [0.05, 0.1) is 21.4 Å². The predicted molar refractivity (Wildman–Crippen MR) is 79.0 cm³/mol. The van der Waals surface area contributed by atoms with Crippen LogP contribution in [0.4, 0.5) is 0 Å². The number of aryl methyl sites for hydroxylation is 1. The summed E-state index contributed by atoms with van der Waals surface area (Å²) < 4.78 is 2.27. The van der Waals surface area contributed by atoms with E-state index in [4.69, 9.17) is 10.7 Å². The van der Waals surface area contributed by atoms with E-state index in [1.54, 1.807) is 11.3 Å². The maximum Gasteiger partial charge on any atom is 0.152 e. The molecule has 0 aliphatic heterocycles. The molecule has 0 fully saturated rings. The highest BCUT2D eigenvalue weighted by Gasteiger charge is 2.13. The maximum atomic E-state index is 5.70. The number of benzene rings is 1. The number of aromatic nitrogens is 3. The molecule has 1 aromatic carbocycles. The number of fused-ring (bicyclic) bond motifs is 1. The number of hydrogen-bond donors (Lipinski definition) is 1. The summed E-state index contributed by atoms with van der Waals surface area (Å²) >= 11 is 1.62. The lowest BCUT2D eigenvalue weighted by molar-refractivity contribution is 0.705. The van der Waals surface area contributed by atoms with Crippen molar-refractivity contribution in [1.29, 1.82) is 0 Å². The zero-order valence-electron chi connectivity index (χ0n) is 10.8. The van der Waals surface area contributed by atoms with Gasteiger partial charge < -0.3 is 10.3 Å². The average Bonchev–Trinajstić information content (AvgIpc) is 3.06. The second-order valence-corrected chi connectivity index (χ2v) is 5.37.